The van der Waals surface area contributed by atoms with Gasteiger partial charge in [0.05, 0.1) is 5.69 Å². The number of pyridine rings is 1. The molecule has 0 aliphatic heterocycles. The van der Waals surface area contributed by atoms with Crippen LogP contribution in [0.1, 0.15) is 5.69 Å². The van der Waals surface area contributed by atoms with Crippen molar-refractivity contribution in [3.05, 3.63) is 30.2 Å². The smallest absolute Gasteiger partial charge is 0.137 e. The fraction of sp³-hybridized carbons (Fsp3) is 0.125. The van der Waals surface area contributed by atoms with Crippen LogP contribution in [0.15, 0.2) is 29.4 Å². The summed E-state index contributed by atoms with van der Waals surface area (Å²) < 4.78 is 2.03. The van der Waals surface area contributed by atoms with Gasteiger partial charge in [0.2, 0.25) is 0 Å². The Morgan fingerprint density at radius 2 is 2.23 bits per heavy atom. The van der Waals surface area contributed by atoms with Gasteiger partial charge in [-0.05, 0) is 39.7 Å². The first kappa shape index (κ1) is 9.30. The second-order valence-corrected chi connectivity index (χ2v) is 5.75. The van der Waals surface area contributed by atoms with Crippen molar-refractivity contribution in [2.75, 3.05) is 0 Å². The van der Waals surface area contributed by atoms with Gasteiger partial charge in [0, 0.05) is 17.3 Å². The van der Waals surface area contributed by atoms with Gasteiger partial charge in [-0.25, -0.2) is 4.98 Å². The summed E-state index contributed by atoms with van der Waals surface area (Å²) >= 11 is 4.09. The SMILES string of the molecule is Cc1cn2cc(SSS)ccc2n1. The second kappa shape index (κ2) is 3.86. The van der Waals surface area contributed by atoms with Crippen molar-refractivity contribution in [3.63, 3.8) is 0 Å². The number of nitrogens with zero attached hydrogens (tertiary/aromatic N) is 2. The minimum Gasteiger partial charge on any atom is -0.306 e. The van der Waals surface area contributed by atoms with E-state index in [1.165, 1.54) is 14.7 Å². The number of hydrogen-bond acceptors (Lipinski definition) is 4. The van der Waals surface area contributed by atoms with Gasteiger partial charge < -0.3 is 4.40 Å². The average molecular weight is 228 g/mol. The molecular formula is C8H8N2S3. The maximum atomic E-state index is 4.34. The zero-order chi connectivity index (χ0) is 9.26. The normalized spacial score (nSPS) is 10.9. The van der Waals surface area contributed by atoms with E-state index in [2.05, 4.69) is 28.9 Å². The zero-order valence-electron chi connectivity index (χ0n) is 6.97. The van der Waals surface area contributed by atoms with Gasteiger partial charge in [-0.3, -0.25) is 0 Å². The molecule has 0 saturated carbocycles. The molecule has 0 radical (unpaired) electrons. The van der Waals surface area contributed by atoms with Gasteiger partial charge in [-0.2, -0.15) is 0 Å². The minimum atomic E-state index is 0.992. The molecule has 0 aliphatic carbocycles. The minimum absolute atomic E-state index is 0.992. The molecule has 0 atom stereocenters. The second-order valence-electron chi connectivity index (χ2n) is 2.67. The molecule has 2 rings (SSSR count). The van der Waals surface area contributed by atoms with Crippen LogP contribution in [0.25, 0.3) is 5.65 Å². The molecule has 2 nitrogen and oxygen atoms in total. The number of rotatable bonds is 2. The Morgan fingerprint density at radius 3 is 3.00 bits per heavy atom. The number of imidazole rings is 1. The first-order valence-electron chi connectivity index (χ1n) is 3.73. The lowest BCUT2D eigenvalue weighted by Crippen LogP contribution is -1.81. The summed E-state index contributed by atoms with van der Waals surface area (Å²) in [7, 11) is 3.08. The van der Waals surface area contributed by atoms with Crippen LogP contribution < -0.4 is 0 Å². The van der Waals surface area contributed by atoms with Crippen LogP contribution >= 0.6 is 32.3 Å². The van der Waals surface area contributed by atoms with Crippen molar-refractivity contribution in [2.45, 2.75) is 11.8 Å². The Hall–Kier alpha value is -0.260. The molecule has 0 bridgehead atoms. The van der Waals surface area contributed by atoms with Gasteiger partial charge in [0.1, 0.15) is 5.65 Å². The first-order valence-corrected chi connectivity index (χ1v) is 6.93. The molecule has 0 unspecified atom stereocenters. The molecule has 2 aromatic rings. The Balaban J connectivity index is 2.48. The zero-order valence-corrected chi connectivity index (χ0v) is 9.49. The number of hydrogen-bond donors (Lipinski definition) is 1. The van der Waals surface area contributed by atoms with Gasteiger partial charge >= 0.3 is 0 Å². The molecule has 68 valence electrons. The van der Waals surface area contributed by atoms with E-state index in [4.69, 9.17) is 0 Å². The fourth-order valence-corrected chi connectivity index (χ4v) is 2.89. The molecular weight excluding hydrogens is 220 g/mol. The number of fused-ring (bicyclic) bond motifs is 1. The lowest BCUT2D eigenvalue weighted by molar-refractivity contribution is 1.13. The van der Waals surface area contributed by atoms with Gasteiger partial charge in [-0.1, -0.05) is 11.7 Å². The van der Waals surface area contributed by atoms with Crippen LogP contribution in [-0.4, -0.2) is 9.38 Å². The van der Waals surface area contributed by atoms with E-state index in [1.807, 2.05) is 23.6 Å². The summed E-state index contributed by atoms with van der Waals surface area (Å²) in [4.78, 5) is 5.53. The molecule has 13 heavy (non-hydrogen) atoms. The number of aryl methyl sites for hydroxylation is 1. The molecule has 0 spiro atoms. The van der Waals surface area contributed by atoms with Crippen LogP contribution in [0.4, 0.5) is 0 Å². The number of aromatic nitrogens is 2. The van der Waals surface area contributed by atoms with Crippen LogP contribution in [0.5, 0.6) is 0 Å². The Labute approximate surface area is 89.3 Å². The van der Waals surface area contributed by atoms with Crippen molar-refractivity contribution in [1.29, 1.82) is 0 Å². The van der Waals surface area contributed by atoms with Crippen molar-refractivity contribution in [1.82, 2.24) is 9.38 Å². The predicted octanol–water partition coefficient (Wildman–Crippen LogP) is 3.23. The van der Waals surface area contributed by atoms with Crippen molar-refractivity contribution >= 4 is 37.9 Å². The molecule has 0 amide bonds. The summed E-state index contributed by atoms with van der Waals surface area (Å²) in [6.07, 6.45) is 4.08. The van der Waals surface area contributed by atoms with Crippen molar-refractivity contribution in [2.24, 2.45) is 0 Å². The molecule has 0 fully saturated rings. The maximum Gasteiger partial charge on any atom is 0.137 e. The Morgan fingerprint density at radius 1 is 1.38 bits per heavy atom. The highest BCUT2D eigenvalue weighted by Gasteiger charge is 1.98. The molecule has 0 N–H and O–H groups in total. The standard InChI is InChI=1S/C8H8N2S3/c1-6-4-10-5-7(12-13-11)2-3-8(10)9-6/h2-5,11H,1H3. The Kier molecular flexibility index (Phi) is 2.76. The van der Waals surface area contributed by atoms with Gasteiger partial charge in [0.15, 0.2) is 0 Å². The summed E-state index contributed by atoms with van der Waals surface area (Å²) in [5.74, 6) is 0. The third-order valence-electron chi connectivity index (χ3n) is 1.68. The summed E-state index contributed by atoms with van der Waals surface area (Å²) in [6.45, 7) is 1.99. The summed E-state index contributed by atoms with van der Waals surface area (Å²) in [5.41, 5.74) is 2.03. The lowest BCUT2D eigenvalue weighted by atomic mass is 10.5. The highest BCUT2D eigenvalue weighted by atomic mass is 33.5. The van der Waals surface area contributed by atoms with E-state index >= 15 is 0 Å². The molecule has 0 aliphatic rings. The molecule has 0 aromatic carbocycles. The third-order valence-corrected chi connectivity index (χ3v) is 3.66. The van der Waals surface area contributed by atoms with E-state index < -0.39 is 0 Å². The topological polar surface area (TPSA) is 17.3 Å². The van der Waals surface area contributed by atoms with Crippen LogP contribution in [0.2, 0.25) is 0 Å². The van der Waals surface area contributed by atoms with Crippen LogP contribution in [-0.2, 0) is 0 Å². The van der Waals surface area contributed by atoms with E-state index in [0.29, 0.717) is 0 Å². The quantitative estimate of drug-likeness (QED) is 0.628. The largest absolute Gasteiger partial charge is 0.306 e. The van der Waals surface area contributed by atoms with E-state index in [1.54, 1.807) is 10.8 Å². The monoisotopic (exact) mass is 228 g/mol. The number of thiol groups is 1. The van der Waals surface area contributed by atoms with E-state index in [-0.39, 0.29) is 0 Å². The van der Waals surface area contributed by atoms with Crippen LogP contribution in [0.3, 0.4) is 0 Å². The molecule has 5 heteroatoms. The predicted molar refractivity (Wildman–Crippen MR) is 62.4 cm³/mol. The van der Waals surface area contributed by atoms with E-state index in [0.717, 1.165) is 11.3 Å². The lowest BCUT2D eigenvalue weighted by Gasteiger charge is -1.97. The summed E-state index contributed by atoms with van der Waals surface area (Å²) in [6, 6.07) is 4.06. The van der Waals surface area contributed by atoms with Crippen LogP contribution in [0, 0.1) is 6.92 Å². The molecule has 2 aromatic heterocycles. The average Bonchev–Trinajstić information content (AvgIpc) is 2.44. The maximum absolute atomic E-state index is 4.34. The van der Waals surface area contributed by atoms with E-state index in [9.17, 15) is 0 Å². The summed E-state index contributed by atoms with van der Waals surface area (Å²) in [5, 5.41) is 0. The Bertz CT molecular complexity index is 424. The fourth-order valence-electron chi connectivity index (χ4n) is 1.19. The van der Waals surface area contributed by atoms with Gasteiger partial charge in [0.25, 0.3) is 0 Å². The highest BCUT2D eigenvalue weighted by molar-refractivity contribution is 9.05. The highest BCUT2D eigenvalue weighted by Crippen LogP contribution is 2.33. The van der Waals surface area contributed by atoms with Crippen molar-refractivity contribution < 1.29 is 0 Å². The van der Waals surface area contributed by atoms with Crippen molar-refractivity contribution in [3.8, 4) is 0 Å². The first-order chi connectivity index (χ1) is 6.29. The molecule has 2 heterocycles. The van der Waals surface area contributed by atoms with Gasteiger partial charge in [-0.15, -0.1) is 0 Å². The molecule has 0 saturated heterocycles. The third kappa shape index (κ3) is 1.98.